The van der Waals surface area contributed by atoms with Crippen molar-refractivity contribution in [2.45, 2.75) is 18.2 Å². The van der Waals surface area contributed by atoms with Gasteiger partial charge >= 0.3 is 5.69 Å². The number of rotatable bonds is 3. The molecule has 2 heterocycles. The van der Waals surface area contributed by atoms with Crippen LogP contribution >= 0.6 is 25.3 Å². The summed E-state index contributed by atoms with van der Waals surface area (Å²) in [6.45, 7) is 2.01. The van der Waals surface area contributed by atoms with E-state index in [1.807, 2.05) is 6.92 Å². The molecule has 7 heteroatoms. The molecule has 0 aliphatic carbocycles. The van der Waals surface area contributed by atoms with Crippen molar-refractivity contribution in [3.05, 3.63) is 39.2 Å². The van der Waals surface area contributed by atoms with Gasteiger partial charge in [0.25, 0.3) is 5.56 Å². The van der Waals surface area contributed by atoms with Gasteiger partial charge in [-0.05, 0) is 19.1 Å². The Morgan fingerprint density at radius 2 is 2.22 bits per heavy atom. The zero-order chi connectivity index (χ0) is 13.3. The SMILES string of the molecule is C[C@](S)(CS)Cn1c(=O)[nH]c2ncccc2c1=O. The van der Waals surface area contributed by atoms with Crippen molar-refractivity contribution in [1.82, 2.24) is 14.5 Å². The molecule has 0 aliphatic rings. The zero-order valence-electron chi connectivity index (χ0n) is 9.75. The molecule has 1 atom stereocenters. The first-order valence-corrected chi connectivity index (χ1v) is 6.44. The number of nitrogens with one attached hydrogen (secondary N) is 1. The minimum absolute atomic E-state index is 0.193. The fraction of sp³-hybridized carbons (Fsp3) is 0.364. The largest absolute Gasteiger partial charge is 0.330 e. The predicted octanol–water partition coefficient (Wildman–Crippen LogP) is 0.703. The van der Waals surface area contributed by atoms with Gasteiger partial charge in [-0.3, -0.25) is 14.3 Å². The van der Waals surface area contributed by atoms with E-state index in [1.165, 1.54) is 6.20 Å². The zero-order valence-corrected chi connectivity index (χ0v) is 11.5. The molecule has 0 aliphatic heterocycles. The molecule has 18 heavy (non-hydrogen) atoms. The van der Waals surface area contributed by atoms with Crippen LogP contribution in [0.4, 0.5) is 0 Å². The maximum Gasteiger partial charge on any atom is 0.330 e. The highest BCUT2D eigenvalue weighted by molar-refractivity contribution is 7.85. The van der Waals surface area contributed by atoms with E-state index < -0.39 is 10.4 Å². The van der Waals surface area contributed by atoms with E-state index in [-0.39, 0.29) is 12.1 Å². The van der Waals surface area contributed by atoms with Gasteiger partial charge in [0.2, 0.25) is 0 Å². The fourth-order valence-corrected chi connectivity index (χ4v) is 1.86. The lowest BCUT2D eigenvalue weighted by Crippen LogP contribution is -2.41. The molecular weight excluding hydrogens is 270 g/mol. The average Bonchev–Trinajstić information content (AvgIpc) is 2.34. The van der Waals surface area contributed by atoms with Gasteiger partial charge < -0.3 is 0 Å². The number of hydrogen-bond donors (Lipinski definition) is 3. The first-order valence-electron chi connectivity index (χ1n) is 5.36. The van der Waals surface area contributed by atoms with Gasteiger partial charge in [-0.15, -0.1) is 0 Å². The molecule has 0 radical (unpaired) electrons. The fourth-order valence-electron chi connectivity index (χ4n) is 1.62. The molecule has 1 N–H and O–H groups in total. The lowest BCUT2D eigenvalue weighted by atomic mass is 10.2. The van der Waals surface area contributed by atoms with Gasteiger partial charge in [-0.25, -0.2) is 9.78 Å². The number of aromatic nitrogens is 3. The van der Waals surface area contributed by atoms with Crippen molar-refractivity contribution in [2.75, 3.05) is 5.75 Å². The molecule has 0 spiro atoms. The molecule has 5 nitrogen and oxygen atoms in total. The van der Waals surface area contributed by atoms with E-state index in [2.05, 4.69) is 35.2 Å². The second kappa shape index (κ2) is 4.81. The quantitative estimate of drug-likeness (QED) is 0.727. The van der Waals surface area contributed by atoms with Crippen LogP contribution in [0.2, 0.25) is 0 Å². The number of H-pyrrole nitrogens is 1. The summed E-state index contributed by atoms with van der Waals surface area (Å²) in [7, 11) is 0. The Balaban J connectivity index is 2.66. The van der Waals surface area contributed by atoms with Crippen LogP contribution in [0.25, 0.3) is 11.0 Å². The van der Waals surface area contributed by atoms with Crippen LogP contribution in [0.1, 0.15) is 6.92 Å². The van der Waals surface area contributed by atoms with E-state index in [9.17, 15) is 9.59 Å². The molecule has 2 aromatic heterocycles. The van der Waals surface area contributed by atoms with Crippen LogP contribution in [0, 0.1) is 0 Å². The molecule has 0 saturated heterocycles. The van der Waals surface area contributed by atoms with Crippen molar-refractivity contribution < 1.29 is 0 Å². The molecule has 2 rings (SSSR count). The van der Waals surface area contributed by atoms with Crippen molar-refractivity contribution in [2.24, 2.45) is 0 Å². The first kappa shape index (κ1) is 13.2. The Morgan fingerprint density at radius 3 is 2.89 bits per heavy atom. The third-order valence-electron chi connectivity index (χ3n) is 2.59. The highest BCUT2D eigenvalue weighted by Gasteiger charge is 2.20. The minimum Gasteiger partial charge on any atom is -0.291 e. The Morgan fingerprint density at radius 1 is 1.50 bits per heavy atom. The van der Waals surface area contributed by atoms with Crippen molar-refractivity contribution >= 4 is 36.3 Å². The Kier molecular flexibility index (Phi) is 3.54. The predicted molar refractivity (Wildman–Crippen MR) is 77.9 cm³/mol. The molecule has 0 unspecified atom stereocenters. The number of pyridine rings is 1. The summed E-state index contributed by atoms with van der Waals surface area (Å²) in [5.41, 5.74) is -0.535. The Bertz CT molecular complexity index is 690. The maximum atomic E-state index is 12.2. The number of hydrogen-bond acceptors (Lipinski definition) is 5. The molecule has 0 bridgehead atoms. The number of aromatic amines is 1. The number of thiol groups is 2. The van der Waals surface area contributed by atoms with E-state index in [1.54, 1.807) is 12.1 Å². The summed E-state index contributed by atoms with van der Waals surface area (Å²) >= 11 is 8.54. The lowest BCUT2D eigenvalue weighted by Gasteiger charge is -2.21. The Hall–Kier alpha value is -1.21. The van der Waals surface area contributed by atoms with Gasteiger partial charge in [0.1, 0.15) is 5.65 Å². The van der Waals surface area contributed by atoms with E-state index in [0.29, 0.717) is 16.8 Å². The standard InChI is InChI=1S/C11H13N3O2S2/c1-11(18,6-17)5-14-9(15)7-3-2-4-12-8(7)13-10(14)16/h2-4,17-18H,5-6H2,1H3,(H,12,13,16)/t11-/m1/s1. The average molecular weight is 283 g/mol. The molecule has 2 aromatic rings. The van der Waals surface area contributed by atoms with E-state index in [4.69, 9.17) is 0 Å². The molecule has 0 amide bonds. The van der Waals surface area contributed by atoms with E-state index in [0.717, 1.165) is 4.57 Å². The highest BCUT2D eigenvalue weighted by Crippen LogP contribution is 2.16. The second-order valence-corrected chi connectivity index (χ2v) is 5.77. The van der Waals surface area contributed by atoms with Crippen molar-refractivity contribution in [3.8, 4) is 0 Å². The lowest BCUT2D eigenvalue weighted by molar-refractivity contribution is 0.544. The smallest absolute Gasteiger partial charge is 0.291 e. The Labute approximate surface area is 114 Å². The molecular formula is C11H13N3O2S2. The summed E-state index contributed by atoms with van der Waals surface area (Å²) in [4.78, 5) is 30.6. The first-order chi connectivity index (χ1) is 8.44. The summed E-state index contributed by atoms with van der Waals surface area (Å²) in [6, 6.07) is 3.29. The molecule has 0 saturated carbocycles. The summed E-state index contributed by atoms with van der Waals surface area (Å²) in [6.07, 6.45) is 1.53. The van der Waals surface area contributed by atoms with Crippen LogP contribution in [-0.4, -0.2) is 25.0 Å². The molecule has 0 aromatic carbocycles. The second-order valence-electron chi connectivity index (χ2n) is 4.38. The minimum atomic E-state index is -0.532. The van der Waals surface area contributed by atoms with Crippen LogP contribution in [0.5, 0.6) is 0 Å². The highest BCUT2D eigenvalue weighted by atomic mass is 32.1. The van der Waals surface area contributed by atoms with Crippen LogP contribution in [-0.2, 0) is 6.54 Å². The summed E-state index contributed by atoms with van der Waals surface area (Å²) in [5.74, 6) is 0.451. The van der Waals surface area contributed by atoms with Gasteiger partial charge in [-0.2, -0.15) is 25.3 Å². The topological polar surface area (TPSA) is 67.8 Å². The third kappa shape index (κ3) is 2.46. The maximum absolute atomic E-state index is 12.2. The summed E-state index contributed by atoms with van der Waals surface area (Å²) < 4.78 is 0.600. The normalized spacial score (nSPS) is 14.6. The van der Waals surface area contributed by atoms with Gasteiger partial charge in [0.05, 0.1) is 5.39 Å². The molecule has 96 valence electrons. The summed E-state index contributed by atoms with van der Waals surface area (Å²) in [5, 5.41) is 0.389. The number of nitrogens with zero attached hydrogens (tertiary/aromatic N) is 2. The van der Waals surface area contributed by atoms with E-state index >= 15 is 0 Å². The van der Waals surface area contributed by atoms with Crippen LogP contribution in [0.3, 0.4) is 0 Å². The molecule has 0 fully saturated rings. The van der Waals surface area contributed by atoms with Gasteiger partial charge in [0.15, 0.2) is 0 Å². The number of fused-ring (bicyclic) bond motifs is 1. The third-order valence-corrected chi connectivity index (χ3v) is 3.84. The van der Waals surface area contributed by atoms with Gasteiger partial charge in [0, 0.05) is 23.2 Å². The van der Waals surface area contributed by atoms with Crippen molar-refractivity contribution in [1.29, 1.82) is 0 Å². The van der Waals surface area contributed by atoms with Crippen LogP contribution in [0.15, 0.2) is 27.9 Å². The monoisotopic (exact) mass is 283 g/mol. The van der Waals surface area contributed by atoms with Gasteiger partial charge in [-0.1, -0.05) is 0 Å². The van der Waals surface area contributed by atoms with Crippen molar-refractivity contribution in [3.63, 3.8) is 0 Å². The van der Waals surface area contributed by atoms with Crippen LogP contribution < -0.4 is 11.2 Å².